The van der Waals surface area contributed by atoms with Gasteiger partial charge in [0.1, 0.15) is 5.78 Å². The SMILES string of the molecule is C=C1CC(=O)[C@H]2C[C@H]1C2(C)C. The number of hydrogen-bond acceptors (Lipinski definition) is 1. The zero-order chi connectivity index (χ0) is 8.22. The van der Waals surface area contributed by atoms with E-state index in [-0.39, 0.29) is 5.41 Å². The Bertz CT molecular complexity index is 215. The van der Waals surface area contributed by atoms with Gasteiger partial charge in [-0.3, -0.25) is 4.79 Å². The van der Waals surface area contributed by atoms with Crippen LogP contribution in [0.1, 0.15) is 26.7 Å². The van der Waals surface area contributed by atoms with Gasteiger partial charge in [-0.05, 0) is 17.8 Å². The third-order valence-electron chi connectivity index (χ3n) is 3.55. The summed E-state index contributed by atoms with van der Waals surface area (Å²) in [6, 6.07) is 0. The van der Waals surface area contributed by atoms with E-state index in [0.717, 1.165) is 6.42 Å². The Kier molecular flexibility index (Phi) is 1.14. The summed E-state index contributed by atoms with van der Waals surface area (Å²) in [6.07, 6.45) is 1.73. The number of hydrogen-bond donors (Lipinski definition) is 0. The first-order valence-electron chi connectivity index (χ1n) is 4.24. The topological polar surface area (TPSA) is 17.1 Å². The van der Waals surface area contributed by atoms with E-state index in [9.17, 15) is 4.79 Å². The minimum Gasteiger partial charge on any atom is -0.299 e. The second kappa shape index (κ2) is 1.77. The molecule has 0 aromatic heterocycles. The van der Waals surface area contributed by atoms with E-state index in [4.69, 9.17) is 0 Å². The molecule has 1 nitrogen and oxygen atoms in total. The van der Waals surface area contributed by atoms with Crippen LogP contribution >= 0.6 is 0 Å². The Morgan fingerprint density at radius 2 is 2.09 bits per heavy atom. The van der Waals surface area contributed by atoms with Gasteiger partial charge in [-0.25, -0.2) is 0 Å². The molecule has 1 heteroatoms. The van der Waals surface area contributed by atoms with Gasteiger partial charge in [-0.2, -0.15) is 0 Å². The van der Waals surface area contributed by atoms with E-state index in [1.165, 1.54) is 5.57 Å². The van der Waals surface area contributed by atoms with E-state index < -0.39 is 0 Å². The molecule has 3 aliphatic rings. The number of rotatable bonds is 0. The monoisotopic (exact) mass is 150 g/mol. The lowest BCUT2D eigenvalue weighted by Gasteiger charge is -2.56. The summed E-state index contributed by atoms with van der Waals surface area (Å²) >= 11 is 0. The van der Waals surface area contributed by atoms with Gasteiger partial charge in [-0.15, -0.1) is 0 Å². The van der Waals surface area contributed by atoms with Crippen molar-refractivity contribution >= 4 is 5.78 Å². The van der Waals surface area contributed by atoms with Gasteiger partial charge in [0, 0.05) is 12.3 Å². The molecule has 0 aromatic carbocycles. The lowest BCUT2D eigenvalue weighted by atomic mass is 9.47. The van der Waals surface area contributed by atoms with Gasteiger partial charge in [0.15, 0.2) is 0 Å². The van der Waals surface area contributed by atoms with Crippen molar-refractivity contribution in [2.24, 2.45) is 17.3 Å². The van der Waals surface area contributed by atoms with E-state index >= 15 is 0 Å². The third-order valence-corrected chi connectivity index (χ3v) is 3.55. The first-order chi connectivity index (χ1) is 5.03. The van der Waals surface area contributed by atoms with Crippen molar-refractivity contribution < 1.29 is 4.79 Å². The van der Waals surface area contributed by atoms with Gasteiger partial charge >= 0.3 is 0 Å². The fourth-order valence-electron chi connectivity index (χ4n) is 2.63. The Labute approximate surface area is 67.5 Å². The summed E-state index contributed by atoms with van der Waals surface area (Å²) in [5, 5.41) is 0. The quantitative estimate of drug-likeness (QED) is 0.484. The molecular formula is C10H14O. The molecule has 0 spiro atoms. The van der Waals surface area contributed by atoms with Gasteiger partial charge in [0.2, 0.25) is 0 Å². The summed E-state index contributed by atoms with van der Waals surface area (Å²) in [7, 11) is 0. The molecule has 3 saturated carbocycles. The van der Waals surface area contributed by atoms with Crippen LogP contribution in [0.4, 0.5) is 0 Å². The second-order valence-corrected chi connectivity index (χ2v) is 4.46. The molecule has 2 bridgehead atoms. The fraction of sp³-hybridized carbons (Fsp3) is 0.700. The molecule has 0 amide bonds. The largest absolute Gasteiger partial charge is 0.299 e. The van der Waals surface area contributed by atoms with E-state index in [1.54, 1.807) is 0 Å². The van der Waals surface area contributed by atoms with Crippen LogP contribution in [0.2, 0.25) is 0 Å². The van der Waals surface area contributed by atoms with Crippen LogP contribution < -0.4 is 0 Å². The van der Waals surface area contributed by atoms with Crippen LogP contribution in [0.3, 0.4) is 0 Å². The minimum atomic E-state index is 0.229. The maximum atomic E-state index is 11.4. The predicted octanol–water partition coefficient (Wildman–Crippen LogP) is 2.18. The van der Waals surface area contributed by atoms with Crippen LogP contribution in [0.15, 0.2) is 12.2 Å². The van der Waals surface area contributed by atoms with Crippen molar-refractivity contribution in [1.82, 2.24) is 0 Å². The highest BCUT2D eigenvalue weighted by atomic mass is 16.1. The van der Waals surface area contributed by atoms with Crippen molar-refractivity contribution in [3.63, 3.8) is 0 Å². The molecule has 2 atom stereocenters. The molecule has 60 valence electrons. The average Bonchev–Trinajstić information content (AvgIpc) is 1.84. The van der Waals surface area contributed by atoms with Gasteiger partial charge < -0.3 is 0 Å². The molecule has 3 fully saturated rings. The molecule has 11 heavy (non-hydrogen) atoms. The summed E-state index contributed by atoms with van der Waals surface area (Å²) in [5.41, 5.74) is 1.40. The summed E-state index contributed by atoms with van der Waals surface area (Å²) < 4.78 is 0. The van der Waals surface area contributed by atoms with E-state index in [0.29, 0.717) is 24.0 Å². The van der Waals surface area contributed by atoms with Crippen molar-refractivity contribution in [3.8, 4) is 0 Å². The third kappa shape index (κ3) is 0.688. The Balaban J connectivity index is 2.33. The van der Waals surface area contributed by atoms with Gasteiger partial charge in [-0.1, -0.05) is 26.0 Å². The molecule has 0 saturated heterocycles. The maximum absolute atomic E-state index is 11.4. The van der Waals surface area contributed by atoms with Crippen molar-refractivity contribution in [2.75, 3.05) is 0 Å². The fourth-order valence-corrected chi connectivity index (χ4v) is 2.63. The minimum absolute atomic E-state index is 0.229. The molecule has 3 aliphatic carbocycles. The Morgan fingerprint density at radius 1 is 1.45 bits per heavy atom. The lowest BCUT2D eigenvalue weighted by Crippen LogP contribution is -2.53. The molecule has 0 unspecified atom stereocenters. The molecule has 0 N–H and O–H groups in total. The Hall–Kier alpha value is -0.590. The van der Waals surface area contributed by atoms with Crippen LogP contribution in [0.5, 0.6) is 0 Å². The number of carbonyl (C=O) groups excluding carboxylic acids is 1. The molecule has 3 rings (SSSR count). The van der Waals surface area contributed by atoms with Crippen LogP contribution in [0.25, 0.3) is 0 Å². The first-order valence-corrected chi connectivity index (χ1v) is 4.24. The van der Waals surface area contributed by atoms with Crippen LogP contribution in [-0.4, -0.2) is 5.78 Å². The number of fused-ring (bicyclic) bond motifs is 2. The molecular weight excluding hydrogens is 136 g/mol. The van der Waals surface area contributed by atoms with Crippen molar-refractivity contribution in [3.05, 3.63) is 12.2 Å². The highest BCUT2D eigenvalue weighted by Crippen LogP contribution is 2.59. The molecule has 0 aliphatic heterocycles. The number of carbonyl (C=O) groups is 1. The first kappa shape index (κ1) is 7.08. The molecule has 0 aromatic rings. The molecule has 0 radical (unpaired) electrons. The average molecular weight is 150 g/mol. The zero-order valence-electron chi connectivity index (χ0n) is 7.18. The van der Waals surface area contributed by atoms with Crippen LogP contribution in [0, 0.1) is 17.3 Å². The number of ketones is 1. The van der Waals surface area contributed by atoms with Crippen molar-refractivity contribution in [1.29, 1.82) is 0 Å². The summed E-state index contributed by atoms with van der Waals surface area (Å²) in [6.45, 7) is 8.34. The summed E-state index contributed by atoms with van der Waals surface area (Å²) in [5.74, 6) is 1.39. The van der Waals surface area contributed by atoms with E-state index in [1.807, 2.05) is 0 Å². The molecule has 0 heterocycles. The smallest absolute Gasteiger partial charge is 0.140 e. The number of Topliss-reactive ketones (excluding diaryl/α,β-unsaturated/α-hetero) is 1. The van der Waals surface area contributed by atoms with Crippen molar-refractivity contribution in [2.45, 2.75) is 26.7 Å². The van der Waals surface area contributed by atoms with Crippen LogP contribution in [-0.2, 0) is 4.79 Å². The van der Waals surface area contributed by atoms with E-state index in [2.05, 4.69) is 20.4 Å². The van der Waals surface area contributed by atoms with Gasteiger partial charge in [0.05, 0.1) is 0 Å². The zero-order valence-corrected chi connectivity index (χ0v) is 7.18. The summed E-state index contributed by atoms with van der Waals surface area (Å²) in [4.78, 5) is 11.4. The second-order valence-electron chi connectivity index (χ2n) is 4.46. The lowest BCUT2D eigenvalue weighted by molar-refractivity contribution is -0.141. The number of allylic oxidation sites excluding steroid dienone is 1. The van der Waals surface area contributed by atoms with Gasteiger partial charge in [0.25, 0.3) is 0 Å². The normalized spacial score (nSPS) is 40.2. The maximum Gasteiger partial charge on any atom is 0.140 e. The predicted molar refractivity (Wildman–Crippen MR) is 44.1 cm³/mol. The standard InChI is InChI=1S/C10H14O/c1-6-4-9(11)8-5-7(6)10(8,2)3/h7-8H,1,4-5H2,2-3H3/t7-,8-/m1/s1. The Morgan fingerprint density at radius 3 is 2.45 bits per heavy atom. The highest BCUT2D eigenvalue weighted by molar-refractivity contribution is 5.87. The highest BCUT2D eigenvalue weighted by Gasteiger charge is 2.55.